The van der Waals surface area contributed by atoms with Crippen molar-refractivity contribution < 1.29 is 14.0 Å². The number of carbonyl (C=O) groups excluding carboxylic acids is 2. The van der Waals surface area contributed by atoms with Gasteiger partial charge >= 0.3 is 0 Å². The summed E-state index contributed by atoms with van der Waals surface area (Å²) in [6, 6.07) is 5.69. The molecule has 1 saturated heterocycles. The Bertz CT molecular complexity index is 550. The molecule has 1 aliphatic heterocycles. The van der Waals surface area contributed by atoms with Gasteiger partial charge in [-0.3, -0.25) is 9.59 Å². The molecular weight excluding hydrogens is 299 g/mol. The highest BCUT2D eigenvalue weighted by molar-refractivity contribution is 5.88. The van der Waals surface area contributed by atoms with E-state index in [0.29, 0.717) is 32.6 Å². The lowest BCUT2D eigenvalue weighted by Crippen LogP contribution is -2.59. The molecule has 1 heterocycles. The van der Waals surface area contributed by atoms with Crippen LogP contribution in [0.25, 0.3) is 0 Å². The molecule has 1 aromatic rings. The second-order valence-electron chi connectivity index (χ2n) is 5.57. The lowest BCUT2D eigenvalue weighted by Gasteiger charge is -2.35. The number of benzene rings is 1. The van der Waals surface area contributed by atoms with Crippen LogP contribution in [0.2, 0.25) is 0 Å². The molecule has 0 bridgehead atoms. The molecule has 0 saturated carbocycles. The highest BCUT2D eigenvalue weighted by atomic mass is 19.1. The van der Waals surface area contributed by atoms with Crippen LogP contribution in [0.15, 0.2) is 24.3 Å². The Hall–Kier alpha value is -2.15. The van der Waals surface area contributed by atoms with E-state index in [1.165, 1.54) is 12.1 Å². The van der Waals surface area contributed by atoms with E-state index in [-0.39, 0.29) is 17.6 Å². The van der Waals surface area contributed by atoms with Crippen LogP contribution >= 0.6 is 0 Å². The Morgan fingerprint density at radius 2 is 2.09 bits per heavy atom. The normalized spacial score (nSPS) is 17.7. The van der Waals surface area contributed by atoms with Gasteiger partial charge in [0.05, 0.1) is 0 Å². The van der Waals surface area contributed by atoms with E-state index in [4.69, 9.17) is 0 Å². The van der Waals surface area contributed by atoms with Crippen molar-refractivity contribution in [3.05, 3.63) is 30.1 Å². The number of amides is 2. The number of anilines is 1. The Balaban J connectivity index is 1.92. The third kappa shape index (κ3) is 4.41. The number of nitrogens with zero attached hydrogens (tertiary/aromatic N) is 2. The maximum absolute atomic E-state index is 12.9. The molecule has 1 aliphatic rings. The summed E-state index contributed by atoms with van der Waals surface area (Å²) in [5.74, 6) is -0.487. The topological polar surface area (TPSA) is 64.7 Å². The Kier molecular flexibility index (Phi) is 5.92. The molecule has 2 rings (SSSR count). The SMILES string of the molecule is CNC(=O)[C@@H]1CNCCN1C(=O)CCN(C)c1ccc(F)cc1. The minimum atomic E-state index is -0.461. The Labute approximate surface area is 135 Å². The van der Waals surface area contributed by atoms with Crippen molar-refractivity contribution in [3.8, 4) is 0 Å². The maximum Gasteiger partial charge on any atom is 0.243 e. The fourth-order valence-electron chi connectivity index (χ4n) is 2.64. The molecule has 23 heavy (non-hydrogen) atoms. The van der Waals surface area contributed by atoms with E-state index in [2.05, 4.69) is 10.6 Å². The second kappa shape index (κ2) is 7.92. The number of nitrogens with one attached hydrogen (secondary N) is 2. The van der Waals surface area contributed by atoms with Gasteiger partial charge in [0, 0.05) is 52.4 Å². The van der Waals surface area contributed by atoms with Crippen LogP contribution in [0.5, 0.6) is 0 Å². The highest BCUT2D eigenvalue weighted by Crippen LogP contribution is 2.14. The summed E-state index contributed by atoms with van der Waals surface area (Å²) in [6.45, 7) is 2.19. The average Bonchev–Trinajstić information content (AvgIpc) is 2.59. The predicted octanol–water partition coefficient (Wildman–Crippen LogP) is 0.198. The van der Waals surface area contributed by atoms with Crippen LogP contribution in [-0.2, 0) is 9.59 Å². The fourth-order valence-corrected chi connectivity index (χ4v) is 2.64. The number of piperazine rings is 1. The fraction of sp³-hybridized carbons (Fsp3) is 0.500. The number of hydrogen-bond acceptors (Lipinski definition) is 4. The molecule has 0 aliphatic carbocycles. The smallest absolute Gasteiger partial charge is 0.243 e. The molecule has 1 fully saturated rings. The van der Waals surface area contributed by atoms with Gasteiger partial charge in [-0.2, -0.15) is 0 Å². The van der Waals surface area contributed by atoms with Crippen molar-refractivity contribution in [1.29, 1.82) is 0 Å². The summed E-state index contributed by atoms with van der Waals surface area (Å²) >= 11 is 0. The first-order valence-electron chi connectivity index (χ1n) is 7.71. The maximum atomic E-state index is 12.9. The second-order valence-corrected chi connectivity index (χ2v) is 5.57. The number of hydrogen-bond donors (Lipinski definition) is 2. The molecule has 126 valence electrons. The van der Waals surface area contributed by atoms with Crippen LogP contribution in [-0.4, -0.2) is 63.0 Å². The number of likely N-dealkylation sites (N-methyl/N-ethyl adjacent to an activating group) is 1. The van der Waals surface area contributed by atoms with Gasteiger partial charge in [-0.25, -0.2) is 4.39 Å². The molecule has 2 amide bonds. The molecule has 6 nitrogen and oxygen atoms in total. The Morgan fingerprint density at radius 3 is 2.74 bits per heavy atom. The first-order valence-corrected chi connectivity index (χ1v) is 7.71. The quantitative estimate of drug-likeness (QED) is 0.813. The van der Waals surface area contributed by atoms with Gasteiger partial charge in [-0.05, 0) is 24.3 Å². The third-order valence-corrected chi connectivity index (χ3v) is 4.04. The van der Waals surface area contributed by atoms with Gasteiger partial charge in [0.25, 0.3) is 0 Å². The molecule has 1 atom stereocenters. The highest BCUT2D eigenvalue weighted by Gasteiger charge is 2.31. The van der Waals surface area contributed by atoms with Crippen molar-refractivity contribution in [1.82, 2.24) is 15.5 Å². The monoisotopic (exact) mass is 322 g/mol. The average molecular weight is 322 g/mol. The molecule has 0 radical (unpaired) electrons. The summed E-state index contributed by atoms with van der Waals surface area (Å²) in [7, 11) is 3.43. The zero-order valence-corrected chi connectivity index (χ0v) is 13.5. The first-order chi connectivity index (χ1) is 11.0. The summed E-state index contributed by atoms with van der Waals surface area (Å²) in [5.41, 5.74) is 0.849. The molecule has 0 spiro atoms. The molecular formula is C16H23FN4O2. The lowest BCUT2D eigenvalue weighted by atomic mass is 10.1. The summed E-state index contributed by atoms with van der Waals surface area (Å²) in [6.07, 6.45) is 0.307. The van der Waals surface area contributed by atoms with Crippen molar-refractivity contribution in [3.63, 3.8) is 0 Å². The molecule has 2 N–H and O–H groups in total. The van der Waals surface area contributed by atoms with Crippen LogP contribution in [0.4, 0.5) is 10.1 Å². The lowest BCUT2D eigenvalue weighted by molar-refractivity contribution is -0.141. The van der Waals surface area contributed by atoms with Crippen molar-refractivity contribution in [2.45, 2.75) is 12.5 Å². The predicted molar refractivity (Wildman–Crippen MR) is 86.7 cm³/mol. The van der Waals surface area contributed by atoms with Gasteiger partial charge in [0.2, 0.25) is 11.8 Å². The van der Waals surface area contributed by atoms with Crippen LogP contribution < -0.4 is 15.5 Å². The minimum Gasteiger partial charge on any atom is -0.374 e. The summed E-state index contributed by atoms with van der Waals surface area (Å²) in [5, 5.41) is 5.73. The van der Waals surface area contributed by atoms with Crippen molar-refractivity contribution in [2.75, 3.05) is 45.2 Å². The van der Waals surface area contributed by atoms with E-state index >= 15 is 0 Å². The standard InChI is InChI=1S/C16H23FN4O2/c1-18-16(23)14-11-19-8-10-21(14)15(22)7-9-20(2)13-5-3-12(17)4-6-13/h3-6,14,19H,7-11H2,1-2H3,(H,18,23)/t14-/m0/s1. The first kappa shape index (κ1) is 17.2. The van der Waals surface area contributed by atoms with Crippen molar-refractivity contribution >= 4 is 17.5 Å². The Morgan fingerprint density at radius 1 is 1.39 bits per heavy atom. The van der Waals surface area contributed by atoms with Gasteiger partial charge in [-0.1, -0.05) is 0 Å². The third-order valence-electron chi connectivity index (χ3n) is 4.04. The molecule has 0 unspecified atom stereocenters. The van der Waals surface area contributed by atoms with E-state index in [1.54, 1.807) is 24.1 Å². The van der Waals surface area contributed by atoms with Gasteiger partial charge in [0.1, 0.15) is 11.9 Å². The number of halogens is 1. The van der Waals surface area contributed by atoms with Crippen LogP contribution in [0.3, 0.4) is 0 Å². The largest absolute Gasteiger partial charge is 0.374 e. The van der Waals surface area contributed by atoms with E-state index in [1.807, 2.05) is 11.9 Å². The van der Waals surface area contributed by atoms with Gasteiger partial charge in [-0.15, -0.1) is 0 Å². The number of rotatable bonds is 5. The zero-order chi connectivity index (χ0) is 16.8. The summed E-state index contributed by atoms with van der Waals surface area (Å²) in [4.78, 5) is 27.9. The zero-order valence-electron chi connectivity index (χ0n) is 13.5. The molecule has 7 heteroatoms. The molecule has 1 aromatic carbocycles. The van der Waals surface area contributed by atoms with E-state index < -0.39 is 6.04 Å². The van der Waals surface area contributed by atoms with Crippen LogP contribution in [0, 0.1) is 5.82 Å². The van der Waals surface area contributed by atoms with Crippen LogP contribution in [0.1, 0.15) is 6.42 Å². The van der Waals surface area contributed by atoms with Gasteiger partial charge < -0.3 is 20.4 Å². The van der Waals surface area contributed by atoms with E-state index in [9.17, 15) is 14.0 Å². The van der Waals surface area contributed by atoms with Gasteiger partial charge in [0.15, 0.2) is 0 Å². The van der Waals surface area contributed by atoms with Crippen molar-refractivity contribution in [2.24, 2.45) is 0 Å². The van der Waals surface area contributed by atoms with E-state index in [0.717, 1.165) is 5.69 Å². The number of carbonyl (C=O) groups is 2. The molecule has 0 aromatic heterocycles. The minimum absolute atomic E-state index is 0.0472. The summed E-state index contributed by atoms with van der Waals surface area (Å²) < 4.78 is 12.9.